The molecule has 0 unspecified atom stereocenters. The van der Waals surface area contributed by atoms with E-state index in [1.54, 1.807) is 37.4 Å². The van der Waals surface area contributed by atoms with Gasteiger partial charge in [0, 0.05) is 23.8 Å². The molecule has 5 heteroatoms. The van der Waals surface area contributed by atoms with Crippen LogP contribution in [-0.4, -0.2) is 19.0 Å². The van der Waals surface area contributed by atoms with Gasteiger partial charge >= 0.3 is 11.9 Å². The van der Waals surface area contributed by atoms with Crippen molar-refractivity contribution in [3.05, 3.63) is 78.9 Å². The molecule has 0 amide bonds. The molecule has 0 saturated carbocycles. The van der Waals surface area contributed by atoms with Crippen LogP contribution in [0.1, 0.15) is 18.1 Å². The van der Waals surface area contributed by atoms with Crippen molar-refractivity contribution in [2.75, 3.05) is 7.11 Å². The van der Waals surface area contributed by atoms with Gasteiger partial charge in [0.25, 0.3) is 0 Å². The molecule has 0 bridgehead atoms. The van der Waals surface area contributed by atoms with Gasteiger partial charge in [-0.25, -0.2) is 9.59 Å². The van der Waals surface area contributed by atoms with E-state index in [-0.39, 0.29) is 0 Å². The van der Waals surface area contributed by atoms with Crippen LogP contribution in [0.25, 0.3) is 11.6 Å². The maximum atomic E-state index is 11.3. The summed E-state index contributed by atoms with van der Waals surface area (Å²) in [6.07, 6.45) is 4.16. The first-order valence-electron chi connectivity index (χ1n) is 8.12. The number of rotatable bonds is 7. The van der Waals surface area contributed by atoms with Crippen molar-refractivity contribution in [3.8, 4) is 17.2 Å². The Balaban J connectivity index is 2.23. The van der Waals surface area contributed by atoms with Crippen molar-refractivity contribution in [3.63, 3.8) is 0 Å². The van der Waals surface area contributed by atoms with Gasteiger partial charge in [0.15, 0.2) is 0 Å². The monoisotopic (exact) mass is 364 g/mol. The summed E-state index contributed by atoms with van der Waals surface area (Å²) < 4.78 is 15.5. The highest BCUT2D eigenvalue weighted by Crippen LogP contribution is 2.29. The Kier molecular flexibility index (Phi) is 6.72. The second-order valence-electron chi connectivity index (χ2n) is 5.51. The van der Waals surface area contributed by atoms with Gasteiger partial charge in [-0.15, -0.1) is 0 Å². The maximum Gasteiger partial charge on any atom is 0.335 e. The predicted molar refractivity (Wildman–Crippen MR) is 105 cm³/mol. The van der Waals surface area contributed by atoms with Gasteiger partial charge in [-0.05, 0) is 48.4 Å². The molecule has 0 radical (unpaired) electrons. The van der Waals surface area contributed by atoms with E-state index in [1.807, 2.05) is 25.1 Å². The lowest BCUT2D eigenvalue weighted by Crippen LogP contribution is -2.03. The van der Waals surface area contributed by atoms with Crippen molar-refractivity contribution in [1.29, 1.82) is 0 Å². The molecule has 2 aromatic carbocycles. The Bertz CT molecular complexity index is 891. The van der Waals surface area contributed by atoms with Crippen molar-refractivity contribution in [2.24, 2.45) is 0 Å². The van der Waals surface area contributed by atoms with Gasteiger partial charge in [-0.1, -0.05) is 25.3 Å². The largest absolute Gasteiger partial charge is 0.496 e. The highest BCUT2D eigenvalue weighted by atomic mass is 16.5. The Morgan fingerprint density at radius 2 is 1.44 bits per heavy atom. The number of methoxy groups -OCH3 is 1. The van der Waals surface area contributed by atoms with E-state index in [4.69, 9.17) is 14.2 Å². The molecule has 0 spiro atoms. The lowest BCUT2D eigenvalue weighted by Gasteiger charge is -2.10. The van der Waals surface area contributed by atoms with E-state index in [9.17, 15) is 9.59 Å². The lowest BCUT2D eigenvalue weighted by molar-refractivity contribution is -0.129. The summed E-state index contributed by atoms with van der Waals surface area (Å²) in [6, 6.07) is 12.2. The zero-order chi connectivity index (χ0) is 19.8. The minimum absolute atomic E-state index is 0.375. The van der Waals surface area contributed by atoms with Crippen LogP contribution in [0.2, 0.25) is 0 Å². The molecular weight excluding hydrogens is 344 g/mol. The van der Waals surface area contributed by atoms with E-state index < -0.39 is 11.9 Å². The molecule has 0 aliphatic heterocycles. The van der Waals surface area contributed by atoms with Crippen LogP contribution in [-0.2, 0) is 9.59 Å². The molecule has 0 aliphatic carbocycles. The van der Waals surface area contributed by atoms with E-state index in [1.165, 1.54) is 0 Å². The summed E-state index contributed by atoms with van der Waals surface area (Å²) in [4.78, 5) is 22.5. The fraction of sp³-hybridized carbons (Fsp3) is 0.0909. The minimum atomic E-state index is -0.534. The molecule has 5 nitrogen and oxygen atoms in total. The first-order valence-corrected chi connectivity index (χ1v) is 8.12. The molecule has 0 aliphatic rings. The normalized spacial score (nSPS) is 10.7. The molecular formula is C22H20O5. The maximum absolute atomic E-state index is 11.3. The molecule has 0 saturated heterocycles. The third-order valence-corrected chi connectivity index (χ3v) is 3.66. The summed E-state index contributed by atoms with van der Waals surface area (Å²) in [5.41, 5.74) is 2.76. The fourth-order valence-corrected chi connectivity index (χ4v) is 2.29. The Labute approximate surface area is 158 Å². The number of hydrogen-bond acceptors (Lipinski definition) is 5. The zero-order valence-electron chi connectivity index (χ0n) is 15.2. The number of allylic oxidation sites excluding steroid dienone is 1. The first kappa shape index (κ1) is 19.7. The second-order valence-corrected chi connectivity index (χ2v) is 5.51. The summed E-state index contributed by atoms with van der Waals surface area (Å²) in [5, 5.41) is 0. The van der Waals surface area contributed by atoms with Gasteiger partial charge in [0.2, 0.25) is 0 Å². The second kappa shape index (κ2) is 9.20. The van der Waals surface area contributed by atoms with E-state index in [2.05, 4.69) is 13.2 Å². The smallest absolute Gasteiger partial charge is 0.335 e. The molecule has 0 fully saturated rings. The Morgan fingerprint density at radius 3 is 2.00 bits per heavy atom. The van der Waals surface area contributed by atoms with Crippen LogP contribution in [0.15, 0.2) is 67.8 Å². The van der Waals surface area contributed by atoms with Crippen molar-refractivity contribution in [2.45, 2.75) is 6.92 Å². The van der Waals surface area contributed by atoms with Gasteiger partial charge < -0.3 is 14.2 Å². The topological polar surface area (TPSA) is 61.8 Å². The van der Waals surface area contributed by atoms with Crippen LogP contribution in [0, 0.1) is 0 Å². The van der Waals surface area contributed by atoms with E-state index >= 15 is 0 Å². The van der Waals surface area contributed by atoms with Crippen LogP contribution in [0.5, 0.6) is 17.2 Å². The van der Waals surface area contributed by atoms with Crippen LogP contribution < -0.4 is 14.2 Å². The summed E-state index contributed by atoms with van der Waals surface area (Å²) >= 11 is 0. The minimum Gasteiger partial charge on any atom is -0.496 e. The van der Waals surface area contributed by atoms with Crippen molar-refractivity contribution >= 4 is 23.6 Å². The van der Waals surface area contributed by atoms with Gasteiger partial charge in [-0.3, -0.25) is 0 Å². The average molecular weight is 364 g/mol. The number of hydrogen-bond donors (Lipinski definition) is 0. The summed E-state index contributed by atoms with van der Waals surface area (Å²) in [7, 11) is 1.55. The molecule has 27 heavy (non-hydrogen) atoms. The Hall–Kier alpha value is -3.60. The number of carbonyl (C=O) groups excluding carboxylic acids is 2. The predicted octanol–water partition coefficient (Wildman–Crippen LogP) is 4.44. The summed E-state index contributed by atoms with van der Waals surface area (Å²) in [6.45, 7) is 8.69. The molecule has 2 rings (SSSR count). The third-order valence-electron chi connectivity index (χ3n) is 3.66. The molecule has 0 N–H and O–H groups in total. The van der Waals surface area contributed by atoms with Gasteiger partial charge in [-0.2, -0.15) is 0 Å². The number of benzene rings is 2. The highest BCUT2D eigenvalue weighted by Gasteiger charge is 2.07. The van der Waals surface area contributed by atoms with Crippen molar-refractivity contribution in [1.82, 2.24) is 0 Å². The van der Waals surface area contributed by atoms with Crippen LogP contribution in [0.4, 0.5) is 0 Å². The Morgan fingerprint density at radius 1 is 0.889 bits per heavy atom. The van der Waals surface area contributed by atoms with E-state index in [0.29, 0.717) is 17.2 Å². The third kappa shape index (κ3) is 5.44. The average Bonchev–Trinajstić information content (AvgIpc) is 2.69. The number of carbonyl (C=O) groups is 2. The van der Waals surface area contributed by atoms with Gasteiger partial charge in [0.05, 0.1) is 7.11 Å². The highest BCUT2D eigenvalue weighted by molar-refractivity contribution is 5.85. The quantitative estimate of drug-likeness (QED) is 0.315. The molecule has 2 aromatic rings. The molecule has 0 heterocycles. The molecule has 0 atom stereocenters. The fourth-order valence-electron chi connectivity index (χ4n) is 2.29. The summed E-state index contributed by atoms with van der Waals surface area (Å²) in [5.74, 6) is 0.355. The molecule has 138 valence electrons. The standard InChI is InChI=1S/C22H20O5/c1-5-21(23)26-18-10-7-16(8-11-18)15(3)13-17-9-12-19(14-20(17)25-4)27-22(24)6-2/h5-14H,1-2H2,3-4H3/b15-13+. The molecule has 0 aromatic heterocycles. The van der Waals surface area contributed by atoms with Crippen LogP contribution >= 0.6 is 0 Å². The number of esters is 2. The van der Waals surface area contributed by atoms with Crippen molar-refractivity contribution < 1.29 is 23.8 Å². The number of ether oxygens (including phenoxy) is 3. The van der Waals surface area contributed by atoms with E-state index in [0.717, 1.165) is 28.9 Å². The zero-order valence-corrected chi connectivity index (χ0v) is 15.2. The first-order chi connectivity index (χ1) is 13.0. The lowest BCUT2D eigenvalue weighted by atomic mass is 10.0. The van der Waals surface area contributed by atoms with Crippen LogP contribution in [0.3, 0.4) is 0 Å². The van der Waals surface area contributed by atoms with Gasteiger partial charge in [0.1, 0.15) is 17.2 Å². The SMILES string of the molecule is C=CC(=O)Oc1ccc(/C(C)=C/c2ccc(OC(=O)C=C)cc2OC)cc1.